The molecule has 0 heterocycles. The second-order valence-corrected chi connectivity index (χ2v) is 10.7. The lowest BCUT2D eigenvalue weighted by atomic mass is 9.83. The highest BCUT2D eigenvalue weighted by molar-refractivity contribution is 6.31. The van der Waals surface area contributed by atoms with Crippen molar-refractivity contribution in [2.45, 2.75) is 31.7 Å². The van der Waals surface area contributed by atoms with E-state index in [-0.39, 0.29) is 24.7 Å². The van der Waals surface area contributed by atoms with Crippen LogP contribution in [-0.2, 0) is 21.4 Å². The summed E-state index contributed by atoms with van der Waals surface area (Å²) in [6.07, 6.45) is 0.191. The lowest BCUT2D eigenvalue weighted by molar-refractivity contribution is -0.137. The number of rotatable bonds is 13. The van der Waals surface area contributed by atoms with Crippen LogP contribution in [0.4, 0.5) is 5.69 Å². The molecular weight excluding hydrogens is 552 g/mol. The molecule has 8 heteroatoms. The van der Waals surface area contributed by atoms with E-state index in [0.29, 0.717) is 34.1 Å². The van der Waals surface area contributed by atoms with Gasteiger partial charge in [-0.3, -0.25) is 9.59 Å². The van der Waals surface area contributed by atoms with Gasteiger partial charge in [0.15, 0.2) is 5.78 Å². The molecule has 4 aromatic carbocycles. The zero-order valence-electron chi connectivity index (χ0n) is 23.5. The molecule has 0 aliphatic heterocycles. The Balaban J connectivity index is 1.32. The van der Waals surface area contributed by atoms with E-state index in [4.69, 9.17) is 16.3 Å². The number of benzene rings is 4. The van der Waals surface area contributed by atoms with Crippen molar-refractivity contribution in [3.05, 3.63) is 130 Å². The molecule has 0 saturated carbocycles. The van der Waals surface area contributed by atoms with E-state index >= 15 is 0 Å². The Morgan fingerprint density at radius 2 is 1.50 bits per heavy atom. The van der Waals surface area contributed by atoms with Gasteiger partial charge in [-0.1, -0.05) is 84.4 Å². The number of anilines is 1. The molecule has 0 saturated heterocycles. The van der Waals surface area contributed by atoms with Crippen LogP contribution in [0.5, 0.6) is 5.75 Å². The first-order chi connectivity index (χ1) is 20.2. The van der Waals surface area contributed by atoms with Gasteiger partial charge in [-0.25, -0.2) is 4.79 Å². The molecule has 0 bridgehead atoms. The predicted molar refractivity (Wildman–Crippen MR) is 164 cm³/mol. The van der Waals surface area contributed by atoms with Crippen LogP contribution in [0.2, 0.25) is 5.02 Å². The van der Waals surface area contributed by atoms with Crippen molar-refractivity contribution in [3.8, 4) is 5.75 Å². The zero-order valence-corrected chi connectivity index (χ0v) is 24.2. The summed E-state index contributed by atoms with van der Waals surface area (Å²) < 4.78 is 5.78. The molecule has 0 spiro atoms. The van der Waals surface area contributed by atoms with Gasteiger partial charge < -0.3 is 20.5 Å². The molecule has 0 aliphatic rings. The third-order valence-corrected chi connectivity index (χ3v) is 7.30. The highest BCUT2D eigenvalue weighted by Gasteiger charge is 2.31. The lowest BCUT2D eigenvalue weighted by Gasteiger charge is -2.25. The number of carbonyl (C=O) groups excluding carboxylic acids is 2. The molecule has 4 rings (SSSR count). The second kappa shape index (κ2) is 13.8. The van der Waals surface area contributed by atoms with Crippen molar-refractivity contribution in [2.75, 3.05) is 18.5 Å². The third kappa shape index (κ3) is 7.56. The van der Waals surface area contributed by atoms with Gasteiger partial charge >= 0.3 is 5.97 Å². The molecule has 0 radical (unpaired) electrons. The van der Waals surface area contributed by atoms with E-state index in [0.717, 1.165) is 11.1 Å². The first-order valence-corrected chi connectivity index (χ1v) is 14.0. The largest absolute Gasteiger partial charge is 0.492 e. The van der Waals surface area contributed by atoms with Gasteiger partial charge in [-0.15, -0.1) is 0 Å². The van der Waals surface area contributed by atoms with Crippen LogP contribution in [0.3, 0.4) is 0 Å². The van der Waals surface area contributed by atoms with Crippen molar-refractivity contribution in [1.82, 2.24) is 5.32 Å². The SMILES string of the molecule is CC(C)(C(=O)NCCOc1ccc(CC(Nc2ccccc2C(=O)c2ccccc2)C(=O)O)cc1)c1ccccc1Cl. The number of nitrogens with one attached hydrogen (secondary N) is 2. The van der Waals surface area contributed by atoms with Crippen LogP contribution < -0.4 is 15.4 Å². The van der Waals surface area contributed by atoms with E-state index in [1.54, 1.807) is 78.9 Å². The second-order valence-electron chi connectivity index (χ2n) is 10.3. The average molecular weight is 585 g/mol. The van der Waals surface area contributed by atoms with E-state index < -0.39 is 17.4 Å². The maximum atomic E-state index is 13.1. The normalized spacial score (nSPS) is 11.8. The van der Waals surface area contributed by atoms with Crippen LogP contribution in [0.15, 0.2) is 103 Å². The summed E-state index contributed by atoms with van der Waals surface area (Å²) in [4.78, 5) is 38.0. The molecule has 216 valence electrons. The van der Waals surface area contributed by atoms with Gasteiger partial charge in [-0.05, 0) is 55.3 Å². The van der Waals surface area contributed by atoms with Crippen LogP contribution in [-0.4, -0.2) is 42.0 Å². The summed E-state index contributed by atoms with van der Waals surface area (Å²) in [5.41, 5.74) is 2.12. The molecule has 42 heavy (non-hydrogen) atoms. The number of amides is 1. The highest BCUT2D eigenvalue weighted by atomic mass is 35.5. The van der Waals surface area contributed by atoms with Gasteiger partial charge in [0.25, 0.3) is 0 Å². The fraction of sp³-hybridized carbons (Fsp3) is 0.206. The topological polar surface area (TPSA) is 105 Å². The van der Waals surface area contributed by atoms with E-state index in [1.165, 1.54) is 0 Å². The summed E-state index contributed by atoms with van der Waals surface area (Å²) in [6.45, 7) is 4.21. The van der Waals surface area contributed by atoms with Gasteiger partial charge in [-0.2, -0.15) is 0 Å². The van der Waals surface area contributed by atoms with Crippen LogP contribution in [0, 0.1) is 0 Å². The van der Waals surface area contributed by atoms with Crippen LogP contribution in [0.25, 0.3) is 0 Å². The Bertz CT molecular complexity index is 1540. The number of hydrogen-bond acceptors (Lipinski definition) is 5. The summed E-state index contributed by atoms with van der Waals surface area (Å²) in [7, 11) is 0. The van der Waals surface area contributed by atoms with Gasteiger partial charge in [0, 0.05) is 28.3 Å². The molecule has 1 amide bonds. The molecular formula is C34H33ClN2O5. The van der Waals surface area contributed by atoms with E-state index in [9.17, 15) is 19.5 Å². The number of ketones is 1. The van der Waals surface area contributed by atoms with Gasteiger partial charge in [0.05, 0.1) is 12.0 Å². The molecule has 1 atom stereocenters. The number of ether oxygens (including phenoxy) is 1. The molecule has 0 aromatic heterocycles. The molecule has 1 unspecified atom stereocenters. The third-order valence-electron chi connectivity index (χ3n) is 6.97. The van der Waals surface area contributed by atoms with Crippen molar-refractivity contribution in [3.63, 3.8) is 0 Å². The number of halogens is 1. The Hall–Kier alpha value is -4.62. The van der Waals surface area contributed by atoms with E-state index in [1.807, 2.05) is 38.1 Å². The fourth-order valence-corrected chi connectivity index (χ4v) is 4.91. The Labute approximate surface area is 250 Å². The zero-order chi connectivity index (χ0) is 30.1. The molecule has 7 nitrogen and oxygen atoms in total. The van der Waals surface area contributed by atoms with E-state index in [2.05, 4.69) is 10.6 Å². The number of aliphatic carboxylic acids is 1. The lowest BCUT2D eigenvalue weighted by Crippen LogP contribution is -2.41. The molecule has 0 aliphatic carbocycles. The standard InChI is InChI=1S/C34H33ClN2O5/c1-34(2,27-13-7-8-14-28(27)35)33(41)36-20-21-42-25-18-16-23(17-19-25)22-30(32(39)40)37-29-15-9-6-12-26(29)31(38)24-10-4-3-5-11-24/h3-19,30,37H,20-22H2,1-2H3,(H,36,41)(H,39,40). The smallest absolute Gasteiger partial charge is 0.326 e. The minimum Gasteiger partial charge on any atom is -0.492 e. The van der Waals surface area contributed by atoms with Crippen molar-refractivity contribution in [2.24, 2.45) is 0 Å². The number of carboxylic acid groups (broad SMARTS) is 1. The van der Waals surface area contributed by atoms with Crippen molar-refractivity contribution < 1.29 is 24.2 Å². The van der Waals surface area contributed by atoms with Gasteiger partial charge in [0.1, 0.15) is 18.4 Å². The predicted octanol–water partition coefficient (Wildman–Crippen LogP) is 6.15. The quantitative estimate of drug-likeness (QED) is 0.129. The Kier molecular flexibility index (Phi) is 9.99. The van der Waals surface area contributed by atoms with Crippen LogP contribution in [0.1, 0.15) is 40.9 Å². The van der Waals surface area contributed by atoms with Crippen LogP contribution >= 0.6 is 11.6 Å². The maximum absolute atomic E-state index is 13.1. The molecule has 4 aromatic rings. The first kappa shape index (κ1) is 30.3. The summed E-state index contributed by atoms with van der Waals surface area (Å²) >= 11 is 6.28. The maximum Gasteiger partial charge on any atom is 0.326 e. The minimum absolute atomic E-state index is 0.159. The summed E-state index contributed by atoms with van der Waals surface area (Å²) in [5.74, 6) is -0.786. The number of hydrogen-bond donors (Lipinski definition) is 3. The Morgan fingerprint density at radius 3 is 2.19 bits per heavy atom. The fourth-order valence-electron chi connectivity index (χ4n) is 4.54. The molecule has 3 N–H and O–H groups in total. The number of carboxylic acids is 1. The number of carbonyl (C=O) groups is 3. The monoisotopic (exact) mass is 584 g/mol. The van der Waals surface area contributed by atoms with Crippen molar-refractivity contribution in [1.29, 1.82) is 0 Å². The number of para-hydroxylation sites is 1. The molecule has 0 fully saturated rings. The minimum atomic E-state index is -1.03. The first-order valence-electron chi connectivity index (χ1n) is 13.6. The average Bonchev–Trinajstić information content (AvgIpc) is 3.00. The van der Waals surface area contributed by atoms with Gasteiger partial charge in [0.2, 0.25) is 5.91 Å². The Morgan fingerprint density at radius 1 is 0.857 bits per heavy atom. The van der Waals surface area contributed by atoms with Crippen molar-refractivity contribution >= 4 is 34.9 Å². The highest BCUT2D eigenvalue weighted by Crippen LogP contribution is 2.30. The summed E-state index contributed by atoms with van der Waals surface area (Å²) in [6, 6.07) is 29.2. The summed E-state index contributed by atoms with van der Waals surface area (Å²) in [5, 5.41) is 16.4.